The number of nitriles is 1. The summed E-state index contributed by atoms with van der Waals surface area (Å²) >= 11 is 2.29. The Balaban J connectivity index is 2.76. The van der Waals surface area contributed by atoms with Crippen LogP contribution in [0.3, 0.4) is 0 Å². The van der Waals surface area contributed by atoms with Crippen LogP contribution in [0.4, 0.5) is 0 Å². The van der Waals surface area contributed by atoms with E-state index in [0.29, 0.717) is 0 Å². The van der Waals surface area contributed by atoms with Crippen molar-refractivity contribution in [3.8, 4) is 6.07 Å². The summed E-state index contributed by atoms with van der Waals surface area (Å²) in [7, 11) is 0. The van der Waals surface area contributed by atoms with Crippen molar-refractivity contribution in [2.24, 2.45) is 0 Å². The zero-order chi connectivity index (χ0) is 8.10. The minimum absolute atomic E-state index is 0.238. The first-order chi connectivity index (χ1) is 5.36. The molecule has 0 radical (unpaired) electrons. The molecule has 3 nitrogen and oxygen atoms in total. The number of hydrogen-bond donors (Lipinski definition) is 0. The van der Waals surface area contributed by atoms with Crippen molar-refractivity contribution in [3.05, 3.63) is 23.8 Å². The summed E-state index contributed by atoms with van der Waals surface area (Å²) < 4.78 is 1.05. The molecule has 11 heavy (non-hydrogen) atoms. The van der Waals surface area contributed by atoms with Gasteiger partial charge in [0.2, 0.25) is 5.82 Å². The molecule has 56 valence electrons. The fraction of sp³-hybridized carbons (Fsp3) is 0.286. The van der Waals surface area contributed by atoms with Crippen molar-refractivity contribution in [2.75, 3.05) is 4.43 Å². The van der Waals surface area contributed by atoms with Crippen LogP contribution in [0.5, 0.6) is 0 Å². The largest absolute Gasteiger partial charge is 0.232 e. The SMILES string of the molecule is N#Cc1ncc(CCI)cn1. The van der Waals surface area contributed by atoms with Gasteiger partial charge in [-0.25, -0.2) is 9.97 Å². The molecular weight excluding hydrogens is 253 g/mol. The zero-order valence-electron chi connectivity index (χ0n) is 5.79. The van der Waals surface area contributed by atoms with Crippen LogP contribution in [-0.4, -0.2) is 14.4 Å². The van der Waals surface area contributed by atoms with Crippen molar-refractivity contribution < 1.29 is 0 Å². The maximum absolute atomic E-state index is 8.38. The van der Waals surface area contributed by atoms with E-state index in [2.05, 4.69) is 32.6 Å². The van der Waals surface area contributed by atoms with Crippen LogP contribution in [0.15, 0.2) is 12.4 Å². The van der Waals surface area contributed by atoms with E-state index in [1.807, 2.05) is 6.07 Å². The van der Waals surface area contributed by atoms with Gasteiger partial charge in [-0.3, -0.25) is 0 Å². The van der Waals surface area contributed by atoms with E-state index in [0.717, 1.165) is 16.4 Å². The van der Waals surface area contributed by atoms with Crippen LogP contribution < -0.4 is 0 Å². The first-order valence-electron chi connectivity index (χ1n) is 3.14. The summed E-state index contributed by atoms with van der Waals surface area (Å²) in [5.74, 6) is 0.238. The van der Waals surface area contributed by atoms with Gasteiger partial charge in [0.15, 0.2) is 0 Å². The molecular formula is C7H6IN3. The second-order valence-electron chi connectivity index (χ2n) is 1.97. The molecule has 0 aromatic carbocycles. The fourth-order valence-corrected chi connectivity index (χ4v) is 1.27. The van der Waals surface area contributed by atoms with Gasteiger partial charge < -0.3 is 0 Å². The summed E-state index contributed by atoms with van der Waals surface area (Å²) in [4.78, 5) is 7.68. The predicted octanol–water partition coefficient (Wildman–Crippen LogP) is 1.33. The van der Waals surface area contributed by atoms with E-state index in [-0.39, 0.29) is 5.82 Å². The molecule has 0 saturated carbocycles. The van der Waals surface area contributed by atoms with E-state index in [1.54, 1.807) is 12.4 Å². The lowest BCUT2D eigenvalue weighted by molar-refractivity contribution is 1.03. The minimum atomic E-state index is 0.238. The van der Waals surface area contributed by atoms with Crippen molar-refractivity contribution in [1.29, 1.82) is 5.26 Å². The Morgan fingerprint density at radius 2 is 2.09 bits per heavy atom. The van der Waals surface area contributed by atoms with Gasteiger partial charge in [0, 0.05) is 16.8 Å². The molecule has 1 heterocycles. The Hall–Kier alpha value is -0.700. The van der Waals surface area contributed by atoms with Crippen molar-refractivity contribution in [3.63, 3.8) is 0 Å². The topological polar surface area (TPSA) is 49.6 Å². The number of rotatable bonds is 2. The van der Waals surface area contributed by atoms with Gasteiger partial charge in [-0.2, -0.15) is 5.26 Å². The molecule has 4 heteroatoms. The van der Waals surface area contributed by atoms with Gasteiger partial charge in [0.25, 0.3) is 0 Å². The number of nitrogens with zero attached hydrogens (tertiary/aromatic N) is 3. The molecule has 0 unspecified atom stereocenters. The number of halogens is 1. The van der Waals surface area contributed by atoms with Crippen LogP contribution in [0, 0.1) is 11.3 Å². The van der Waals surface area contributed by atoms with Gasteiger partial charge in [0.1, 0.15) is 6.07 Å². The third-order valence-electron chi connectivity index (χ3n) is 1.19. The molecule has 0 aliphatic rings. The van der Waals surface area contributed by atoms with Crippen LogP contribution in [-0.2, 0) is 6.42 Å². The van der Waals surface area contributed by atoms with Gasteiger partial charge in [-0.05, 0) is 12.0 Å². The predicted molar refractivity (Wildman–Crippen MR) is 49.3 cm³/mol. The number of aryl methyl sites for hydroxylation is 1. The standard InChI is InChI=1S/C7H6IN3/c8-2-1-6-4-10-7(3-9)11-5-6/h4-5H,1-2H2. The Morgan fingerprint density at radius 3 is 2.55 bits per heavy atom. The number of alkyl halides is 1. The van der Waals surface area contributed by atoms with Gasteiger partial charge in [0.05, 0.1) is 0 Å². The molecule has 0 aliphatic heterocycles. The highest BCUT2D eigenvalue weighted by atomic mass is 127. The molecule has 1 aromatic rings. The summed E-state index contributed by atoms with van der Waals surface area (Å²) in [5, 5.41) is 8.38. The van der Waals surface area contributed by atoms with Crippen LogP contribution in [0.1, 0.15) is 11.4 Å². The van der Waals surface area contributed by atoms with Gasteiger partial charge in [-0.15, -0.1) is 0 Å². The maximum atomic E-state index is 8.38. The van der Waals surface area contributed by atoms with Crippen molar-refractivity contribution in [2.45, 2.75) is 6.42 Å². The summed E-state index contributed by atoms with van der Waals surface area (Å²) in [6, 6.07) is 1.87. The molecule has 0 N–H and O–H groups in total. The van der Waals surface area contributed by atoms with E-state index < -0.39 is 0 Å². The lowest BCUT2D eigenvalue weighted by Gasteiger charge is -1.93. The molecule has 1 aromatic heterocycles. The van der Waals surface area contributed by atoms with Crippen molar-refractivity contribution in [1.82, 2.24) is 9.97 Å². The third-order valence-corrected chi connectivity index (χ3v) is 1.73. The fourth-order valence-electron chi connectivity index (χ4n) is 0.651. The highest BCUT2D eigenvalue weighted by molar-refractivity contribution is 14.1. The maximum Gasteiger partial charge on any atom is 0.232 e. The zero-order valence-corrected chi connectivity index (χ0v) is 7.95. The smallest absolute Gasteiger partial charge is 0.227 e. The quantitative estimate of drug-likeness (QED) is 0.594. The van der Waals surface area contributed by atoms with E-state index in [1.165, 1.54) is 0 Å². The van der Waals surface area contributed by atoms with E-state index in [4.69, 9.17) is 5.26 Å². The molecule has 0 spiro atoms. The lowest BCUT2D eigenvalue weighted by Crippen LogP contribution is -1.92. The van der Waals surface area contributed by atoms with Crippen LogP contribution in [0.2, 0.25) is 0 Å². The van der Waals surface area contributed by atoms with Gasteiger partial charge >= 0.3 is 0 Å². The summed E-state index contributed by atoms with van der Waals surface area (Å²) in [6.07, 6.45) is 4.36. The number of hydrogen-bond acceptors (Lipinski definition) is 3. The monoisotopic (exact) mass is 259 g/mol. The van der Waals surface area contributed by atoms with E-state index >= 15 is 0 Å². The molecule has 0 amide bonds. The Labute approximate surface area is 78.6 Å². The lowest BCUT2D eigenvalue weighted by atomic mass is 10.3. The average molecular weight is 259 g/mol. The Kier molecular flexibility index (Phi) is 3.23. The minimum Gasteiger partial charge on any atom is -0.227 e. The highest BCUT2D eigenvalue weighted by Crippen LogP contribution is 1.98. The molecule has 0 aliphatic carbocycles. The van der Waals surface area contributed by atoms with Gasteiger partial charge in [-0.1, -0.05) is 22.6 Å². The highest BCUT2D eigenvalue weighted by Gasteiger charge is 1.94. The average Bonchev–Trinajstić information content (AvgIpc) is 2.07. The van der Waals surface area contributed by atoms with Crippen LogP contribution >= 0.6 is 22.6 Å². The second kappa shape index (κ2) is 4.23. The Bertz CT molecular complexity index is 262. The Morgan fingerprint density at radius 1 is 1.45 bits per heavy atom. The molecule has 0 fully saturated rings. The summed E-state index contributed by atoms with van der Waals surface area (Å²) in [6.45, 7) is 0. The third kappa shape index (κ3) is 2.42. The normalized spacial score (nSPS) is 9.09. The summed E-state index contributed by atoms with van der Waals surface area (Å²) in [5.41, 5.74) is 1.08. The van der Waals surface area contributed by atoms with Crippen molar-refractivity contribution >= 4 is 22.6 Å². The molecule has 0 bridgehead atoms. The first-order valence-corrected chi connectivity index (χ1v) is 4.66. The molecule has 0 saturated heterocycles. The second-order valence-corrected chi connectivity index (χ2v) is 3.04. The number of aromatic nitrogens is 2. The molecule has 1 rings (SSSR count). The first kappa shape index (κ1) is 8.40. The molecule has 0 atom stereocenters. The van der Waals surface area contributed by atoms with Crippen LogP contribution in [0.25, 0.3) is 0 Å². The van der Waals surface area contributed by atoms with E-state index in [9.17, 15) is 0 Å².